The molecule has 1 fully saturated rings. The maximum Gasteiger partial charge on any atom is 0.244 e. The van der Waals surface area contributed by atoms with Gasteiger partial charge < -0.3 is 4.90 Å². The van der Waals surface area contributed by atoms with Gasteiger partial charge in [0.05, 0.1) is 10.7 Å². The van der Waals surface area contributed by atoms with Crippen LogP contribution in [0.3, 0.4) is 0 Å². The molecule has 1 saturated heterocycles. The molecule has 0 spiro atoms. The van der Waals surface area contributed by atoms with Crippen molar-refractivity contribution in [2.75, 3.05) is 31.1 Å². The fourth-order valence-electron chi connectivity index (χ4n) is 3.09. The molecule has 1 aliphatic rings. The van der Waals surface area contributed by atoms with Crippen LogP contribution in [0.5, 0.6) is 0 Å². The maximum absolute atomic E-state index is 12.9. The molecule has 0 bridgehead atoms. The zero-order valence-electron chi connectivity index (χ0n) is 14.8. The molecule has 1 aromatic heterocycles. The first-order valence-corrected chi connectivity index (χ1v) is 12.2. The molecule has 0 atom stereocenters. The lowest BCUT2D eigenvalue weighted by Crippen LogP contribution is -2.48. The summed E-state index contributed by atoms with van der Waals surface area (Å²) in [5, 5.41) is 3.18. The quantitative estimate of drug-likeness (QED) is 0.521. The van der Waals surface area contributed by atoms with Crippen molar-refractivity contribution in [1.82, 2.24) is 9.29 Å². The van der Waals surface area contributed by atoms with Gasteiger partial charge in [-0.05, 0) is 18.2 Å². The Bertz CT molecular complexity index is 1080. The molecule has 4 rings (SSSR count). The van der Waals surface area contributed by atoms with Crippen LogP contribution < -0.4 is 4.90 Å². The van der Waals surface area contributed by atoms with Crippen molar-refractivity contribution in [2.24, 2.45) is 0 Å². The number of nitrogens with zero attached hydrogens (tertiary/aromatic N) is 3. The number of rotatable bonds is 4. The van der Waals surface area contributed by atoms with E-state index >= 15 is 0 Å². The van der Waals surface area contributed by atoms with E-state index in [4.69, 9.17) is 16.6 Å². The Morgan fingerprint density at radius 2 is 1.75 bits per heavy atom. The van der Waals surface area contributed by atoms with Gasteiger partial charge in [-0.3, -0.25) is 0 Å². The Morgan fingerprint density at radius 1 is 1.04 bits per heavy atom. The molecular formula is C19H17BrClN3O2S2. The molecule has 28 heavy (non-hydrogen) atoms. The highest BCUT2D eigenvalue weighted by molar-refractivity contribution is 9.10. The van der Waals surface area contributed by atoms with Crippen molar-refractivity contribution in [2.45, 2.75) is 4.90 Å². The lowest BCUT2D eigenvalue weighted by molar-refractivity contribution is 0.385. The third kappa shape index (κ3) is 3.97. The van der Waals surface area contributed by atoms with Crippen LogP contribution in [0.15, 0.2) is 63.3 Å². The molecule has 0 radical (unpaired) electrons. The zero-order valence-corrected chi connectivity index (χ0v) is 18.7. The average Bonchev–Trinajstić information content (AvgIpc) is 3.19. The van der Waals surface area contributed by atoms with Gasteiger partial charge in [0.2, 0.25) is 10.0 Å². The van der Waals surface area contributed by atoms with E-state index in [-0.39, 0.29) is 9.92 Å². The number of aromatic nitrogens is 1. The molecule has 146 valence electrons. The first kappa shape index (κ1) is 19.8. The van der Waals surface area contributed by atoms with Gasteiger partial charge in [-0.15, -0.1) is 11.3 Å². The third-order valence-electron chi connectivity index (χ3n) is 4.58. The average molecular weight is 499 g/mol. The minimum Gasteiger partial charge on any atom is -0.345 e. The van der Waals surface area contributed by atoms with Crippen LogP contribution in [0.2, 0.25) is 5.02 Å². The minimum absolute atomic E-state index is 0.145. The molecule has 0 N–H and O–H groups in total. The lowest BCUT2D eigenvalue weighted by Gasteiger charge is -2.33. The highest BCUT2D eigenvalue weighted by atomic mass is 79.9. The lowest BCUT2D eigenvalue weighted by atomic mass is 10.2. The van der Waals surface area contributed by atoms with E-state index in [1.165, 1.54) is 4.31 Å². The summed E-state index contributed by atoms with van der Waals surface area (Å²) in [6.07, 6.45) is 0. The van der Waals surface area contributed by atoms with Gasteiger partial charge in [0.1, 0.15) is 4.90 Å². The van der Waals surface area contributed by atoms with Crippen LogP contribution in [0.1, 0.15) is 0 Å². The minimum atomic E-state index is -3.62. The van der Waals surface area contributed by atoms with Crippen molar-refractivity contribution in [1.29, 1.82) is 0 Å². The summed E-state index contributed by atoms with van der Waals surface area (Å²) >= 11 is 11.1. The topological polar surface area (TPSA) is 53.5 Å². The van der Waals surface area contributed by atoms with Crippen LogP contribution in [-0.2, 0) is 10.0 Å². The molecule has 3 aromatic rings. The van der Waals surface area contributed by atoms with Gasteiger partial charge in [-0.2, -0.15) is 4.31 Å². The maximum atomic E-state index is 12.9. The van der Waals surface area contributed by atoms with E-state index in [1.807, 2.05) is 35.7 Å². The third-order valence-corrected chi connectivity index (χ3v) is 8.36. The van der Waals surface area contributed by atoms with Crippen LogP contribution in [0, 0.1) is 0 Å². The second kappa shape index (κ2) is 8.12. The molecule has 0 unspecified atom stereocenters. The number of sulfonamides is 1. The van der Waals surface area contributed by atoms with Crippen molar-refractivity contribution in [3.8, 4) is 11.3 Å². The summed E-state index contributed by atoms with van der Waals surface area (Å²) in [5.74, 6) is 0. The number of thiazole rings is 1. The van der Waals surface area contributed by atoms with E-state index in [0.717, 1.165) is 20.9 Å². The highest BCUT2D eigenvalue weighted by Crippen LogP contribution is 2.31. The summed E-state index contributed by atoms with van der Waals surface area (Å²) in [4.78, 5) is 7.00. The van der Waals surface area contributed by atoms with Crippen molar-refractivity contribution >= 4 is 54.0 Å². The van der Waals surface area contributed by atoms with Crippen molar-refractivity contribution < 1.29 is 8.42 Å². The van der Waals surface area contributed by atoms with Gasteiger partial charge in [0, 0.05) is 41.6 Å². The van der Waals surface area contributed by atoms with Crippen molar-refractivity contribution in [3.63, 3.8) is 0 Å². The van der Waals surface area contributed by atoms with E-state index < -0.39 is 10.0 Å². The van der Waals surface area contributed by atoms with Crippen LogP contribution in [0.25, 0.3) is 11.3 Å². The number of halogens is 2. The van der Waals surface area contributed by atoms with Crippen LogP contribution >= 0.6 is 38.9 Å². The Morgan fingerprint density at radius 3 is 2.43 bits per heavy atom. The Balaban J connectivity index is 1.47. The molecule has 9 heteroatoms. The first-order chi connectivity index (χ1) is 13.4. The highest BCUT2D eigenvalue weighted by Gasteiger charge is 2.30. The fraction of sp³-hybridized carbons (Fsp3) is 0.211. The van der Waals surface area contributed by atoms with E-state index in [0.29, 0.717) is 26.2 Å². The standard InChI is InChI=1S/C19H17BrClN3O2S2/c20-15-6-7-18(16(21)12-15)28(25,26)24-10-8-23(9-11-24)19-22-17(13-27-19)14-4-2-1-3-5-14/h1-7,12-13H,8-11H2. The molecule has 1 aliphatic heterocycles. The largest absolute Gasteiger partial charge is 0.345 e. The molecular weight excluding hydrogens is 482 g/mol. The SMILES string of the molecule is O=S(=O)(c1ccc(Br)cc1Cl)N1CCN(c2nc(-c3ccccc3)cs2)CC1. The molecule has 5 nitrogen and oxygen atoms in total. The van der Waals surface area contributed by atoms with E-state index in [9.17, 15) is 8.42 Å². The number of hydrogen-bond acceptors (Lipinski definition) is 5. The number of benzene rings is 2. The fourth-order valence-corrected chi connectivity index (χ4v) is 6.42. The number of anilines is 1. The summed E-state index contributed by atoms with van der Waals surface area (Å²) in [6.45, 7) is 1.98. The predicted molar refractivity (Wildman–Crippen MR) is 118 cm³/mol. The molecule has 0 amide bonds. The normalized spacial score (nSPS) is 15.7. The van der Waals surface area contributed by atoms with Gasteiger partial charge in [-0.1, -0.05) is 57.9 Å². The second-order valence-corrected chi connectivity index (χ2v) is 10.4. The summed E-state index contributed by atoms with van der Waals surface area (Å²) in [7, 11) is -3.62. The predicted octanol–water partition coefficient (Wildman–Crippen LogP) is 4.74. The summed E-state index contributed by atoms with van der Waals surface area (Å²) in [6, 6.07) is 14.9. The monoisotopic (exact) mass is 497 g/mol. The Hall–Kier alpha value is -1.45. The summed E-state index contributed by atoms with van der Waals surface area (Å²) in [5.41, 5.74) is 2.02. The molecule has 2 aromatic carbocycles. The van der Waals surface area contributed by atoms with E-state index in [2.05, 4.69) is 20.8 Å². The molecule has 0 saturated carbocycles. The van der Waals surface area contributed by atoms with Crippen LogP contribution in [0.4, 0.5) is 5.13 Å². The Kier molecular flexibility index (Phi) is 5.76. The van der Waals surface area contributed by atoms with Gasteiger partial charge in [-0.25, -0.2) is 13.4 Å². The molecule has 2 heterocycles. The van der Waals surface area contributed by atoms with E-state index in [1.54, 1.807) is 29.5 Å². The summed E-state index contributed by atoms with van der Waals surface area (Å²) < 4.78 is 28.1. The van der Waals surface area contributed by atoms with Gasteiger partial charge in [0.15, 0.2) is 5.13 Å². The smallest absolute Gasteiger partial charge is 0.244 e. The molecule has 0 aliphatic carbocycles. The number of hydrogen-bond donors (Lipinski definition) is 0. The first-order valence-electron chi connectivity index (χ1n) is 8.66. The van der Waals surface area contributed by atoms with Gasteiger partial charge in [0.25, 0.3) is 0 Å². The second-order valence-electron chi connectivity index (χ2n) is 6.35. The van der Waals surface area contributed by atoms with Crippen molar-refractivity contribution in [3.05, 3.63) is 63.4 Å². The van der Waals surface area contributed by atoms with Gasteiger partial charge >= 0.3 is 0 Å². The Labute approximate surface area is 181 Å². The number of piperazine rings is 1. The zero-order chi connectivity index (χ0) is 19.7. The van der Waals surface area contributed by atoms with Crippen LogP contribution in [-0.4, -0.2) is 43.9 Å².